The summed E-state index contributed by atoms with van der Waals surface area (Å²) in [7, 11) is 0. The van der Waals surface area contributed by atoms with Crippen molar-refractivity contribution < 1.29 is 13.2 Å². The summed E-state index contributed by atoms with van der Waals surface area (Å²) in [6.07, 6.45) is -2.99. The molecule has 7 heteroatoms. The molecule has 1 aromatic heterocycles. The number of nitrogens with zero attached hydrogens (tertiary/aromatic N) is 2. The summed E-state index contributed by atoms with van der Waals surface area (Å²) in [4.78, 5) is 0. The van der Waals surface area contributed by atoms with Crippen LogP contribution in [0.4, 0.5) is 19.0 Å². The van der Waals surface area contributed by atoms with Gasteiger partial charge < -0.3 is 5.73 Å². The van der Waals surface area contributed by atoms with Crippen molar-refractivity contribution in [1.29, 1.82) is 0 Å². The average molecular weight is 262 g/mol. The van der Waals surface area contributed by atoms with E-state index in [0.717, 1.165) is 12.1 Å². The molecule has 0 aliphatic carbocycles. The van der Waals surface area contributed by atoms with Crippen LogP contribution in [0.15, 0.2) is 30.5 Å². The van der Waals surface area contributed by atoms with Gasteiger partial charge in [0.15, 0.2) is 0 Å². The molecule has 0 saturated heterocycles. The molecule has 0 atom stereocenters. The number of aromatic nitrogens is 2. The molecule has 0 unspecified atom stereocenters. The summed E-state index contributed by atoms with van der Waals surface area (Å²) in [5.41, 5.74) is 4.78. The topological polar surface area (TPSA) is 43.8 Å². The van der Waals surface area contributed by atoms with Gasteiger partial charge in [-0.2, -0.15) is 18.3 Å². The van der Waals surface area contributed by atoms with Gasteiger partial charge in [-0.15, -0.1) is 0 Å². The molecule has 2 N–H and O–H groups in total. The van der Waals surface area contributed by atoms with E-state index in [2.05, 4.69) is 5.10 Å². The second-order valence-corrected chi connectivity index (χ2v) is 3.82. The summed E-state index contributed by atoms with van der Waals surface area (Å²) in [5.74, 6) is 0.221. The Labute approximate surface area is 99.6 Å². The zero-order valence-electron chi connectivity index (χ0n) is 8.37. The first-order valence-corrected chi connectivity index (χ1v) is 4.93. The second kappa shape index (κ2) is 3.96. The average Bonchev–Trinajstić information content (AvgIpc) is 2.62. The molecule has 0 aliphatic heterocycles. The number of alkyl halides is 3. The van der Waals surface area contributed by atoms with Gasteiger partial charge >= 0.3 is 6.18 Å². The number of hydrogen-bond acceptors (Lipinski definition) is 2. The molecule has 90 valence electrons. The van der Waals surface area contributed by atoms with Crippen LogP contribution in [0.25, 0.3) is 5.69 Å². The van der Waals surface area contributed by atoms with Crippen LogP contribution in [0.1, 0.15) is 5.56 Å². The Bertz CT molecular complexity index is 548. The summed E-state index contributed by atoms with van der Waals surface area (Å²) in [6, 6.07) is 4.67. The molecule has 2 rings (SSSR count). The van der Waals surface area contributed by atoms with Crippen LogP contribution in [0.2, 0.25) is 5.02 Å². The predicted molar refractivity (Wildman–Crippen MR) is 58.0 cm³/mol. The van der Waals surface area contributed by atoms with E-state index in [-0.39, 0.29) is 16.5 Å². The molecule has 17 heavy (non-hydrogen) atoms. The van der Waals surface area contributed by atoms with E-state index in [0.29, 0.717) is 0 Å². The Balaban J connectivity index is 2.52. The molecule has 3 nitrogen and oxygen atoms in total. The molecular weight excluding hydrogens is 255 g/mol. The zero-order chi connectivity index (χ0) is 12.6. The van der Waals surface area contributed by atoms with Crippen molar-refractivity contribution in [1.82, 2.24) is 9.78 Å². The third-order valence-electron chi connectivity index (χ3n) is 2.08. The van der Waals surface area contributed by atoms with E-state index >= 15 is 0 Å². The van der Waals surface area contributed by atoms with Crippen molar-refractivity contribution in [3.8, 4) is 5.69 Å². The van der Waals surface area contributed by atoms with Gasteiger partial charge in [-0.3, -0.25) is 0 Å². The highest BCUT2D eigenvalue weighted by Crippen LogP contribution is 2.32. The van der Waals surface area contributed by atoms with E-state index in [1.165, 1.54) is 23.0 Å². The van der Waals surface area contributed by atoms with Gasteiger partial charge in [0.05, 0.1) is 11.3 Å². The van der Waals surface area contributed by atoms with Crippen molar-refractivity contribution in [2.45, 2.75) is 6.18 Å². The van der Waals surface area contributed by atoms with Crippen molar-refractivity contribution in [2.24, 2.45) is 0 Å². The van der Waals surface area contributed by atoms with Gasteiger partial charge in [0.1, 0.15) is 5.82 Å². The largest absolute Gasteiger partial charge is 0.416 e. The molecular formula is C10H7ClF3N3. The molecule has 1 heterocycles. The van der Waals surface area contributed by atoms with Crippen molar-refractivity contribution in [3.63, 3.8) is 0 Å². The van der Waals surface area contributed by atoms with Crippen LogP contribution >= 0.6 is 11.6 Å². The van der Waals surface area contributed by atoms with E-state index in [9.17, 15) is 13.2 Å². The van der Waals surface area contributed by atoms with Crippen molar-refractivity contribution in [2.75, 3.05) is 5.73 Å². The van der Waals surface area contributed by atoms with Crippen LogP contribution in [0, 0.1) is 0 Å². The molecule has 0 fully saturated rings. The molecule has 0 amide bonds. The Morgan fingerprint density at radius 3 is 2.47 bits per heavy atom. The van der Waals surface area contributed by atoms with Crippen LogP contribution in [0.5, 0.6) is 0 Å². The molecule has 0 saturated carbocycles. The van der Waals surface area contributed by atoms with Gasteiger partial charge in [0.2, 0.25) is 0 Å². The van der Waals surface area contributed by atoms with Gasteiger partial charge in [-0.1, -0.05) is 11.6 Å². The van der Waals surface area contributed by atoms with Gasteiger partial charge in [0, 0.05) is 17.3 Å². The Kier molecular flexibility index (Phi) is 2.74. The number of nitrogens with two attached hydrogens (primary N) is 1. The lowest BCUT2D eigenvalue weighted by Crippen LogP contribution is -2.06. The fourth-order valence-corrected chi connectivity index (χ4v) is 1.58. The molecule has 0 aliphatic rings. The lowest BCUT2D eigenvalue weighted by Gasteiger charge is -2.09. The quantitative estimate of drug-likeness (QED) is 0.857. The standard InChI is InChI=1S/C10H7ClF3N3/c11-7-3-6(10(12,13)14)4-8(5-7)17-2-1-9(15)16-17/h1-5H,(H2,15,16). The summed E-state index contributed by atoms with van der Waals surface area (Å²) >= 11 is 5.64. The van der Waals surface area contributed by atoms with Gasteiger partial charge in [-0.05, 0) is 18.2 Å². The van der Waals surface area contributed by atoms with Crippen LogP contribution in [-0.2, 0) is 6.18 Å². The first-order chi connectivity index (χ1) is 7.86. The zero-order valence-corrected chi connectivity index (χ0v) is 9.13. The SMILES string of the molecule is Nc1ccn(-c2cc(Cl)cc(C(F)(F)F)c2)n1. The normalized spacial score (nSPS) is 11.8. The highest BCUT2D eigenvalue weighted by atomic mass is 35.5. The molecule has 0 radical (unpaired) electrons. The Hall–Kier alpha value is -1.69. The minimum Gasteiger partial charge on any atom is -0.382 e. The molecule has 2 aromatic rings. The van der Waals surface area contributed by atoms with Gasteiger partial charge in [-0.25, -0.2) is 4.68 Å². The fourth-order valence-electron chi connectivity index (χ4n) is 1.35. The van der Waals surface area contributed by atoms with Crippen molar-refractivity contribution in [3.05, 3.63) is 41.0 Å². The van der Waals surface area contributed by atoms with Crippen LogP contribution in [-0.4, -0.2) is 9.78 Å². The van der Waals surface area contributed by atoms with E-state index in [1.807, 2.05) is 0 Å². The maximum atomic E-state index is 12.6. The third-order valence-corrected chi connectivity index (χ3v) is 2.30. The number of hydrogen-bond donors (Lipinski definition) is 1. The van der Waals surface area contributed by atoms with E-state index in [4.69, 9.17) is 17.3 Å². The number of anilines is 1. The number of benzene rings is 1. The lowest BCUT2D eigenvalue weighted by atomic mass is 10.2. The first kappa shape index (κ1) is 11.8. The van der Waals surface area contributed by atoms with E-state index in [1.54, 1.807) is 0 Å². The third kappa shape index (κ3) is 2.52. The summed E-state index contributed by atoms with van der Waals surface area (Å²) in [5, 5.41) is 3.80. The molecule has 1 aromatic carbocycles. The maximum Gasteiger partial charge on any atom is 0.416 e. The lowest BCUT2D eigenvalue weighted by molar-refractivity contribution is -0.137. The van der Waals surface area contributed by atoms with E-state index < -0.39 is 11.7 Å². The minimum absolute atomic E-state index is 0.0103. The molecule has 0 bridgehead atoms. The summed E-state index contributed by atoms with van der Waals surface area (Å²) in [6.45, 7) is 0. The highest BCUT2D eigenvalue weighted by molar-refractivity contribution is 6.30. The van der Waals surface area contributed by atoms with Crippen molar-refractivity contribution >= 4 is 17.4 Å². The number of nitrogen functional groups attached to an aromatic ring is 1. The Morgan fingerprint density at radius 2 is 1.94 bits per heavy atom. The Morgan fingerprint density at radius 1 is 1.24 bits per heavy atom. The monoisotopic (exact) mass is 261 g/mol. The molecule has 0 spiro atoms. The number of rotatable bonds is 1. The number of halogens is 4. The smallest absolute Gasteiger partial charge is 0.382 e. The highest BCUT2D eigenvalue weighted by Gasteiger charge is 2.31. The summed E-state index contributed by atoms with van der Waals surface area (Å²) < 4.78 is 38.9. The van der Waals surface area contributed by atoms with Crippen LogP contribution < -0.4 is 5.73 Å². The van der Waals surface area contributed by atoms with Crippen LogP contribution in [0.3, 0.4) is 0 Å². The fraction of sp³-hybridized carbons (Fsp3) is 0.100. The predicted octanol–water partition coefficient (Wildman–Crippen LogP) is 3.13. The van der Waals surface area contributed by atoms with Gasteiger partial charge in [0.25, 0.3) is 0 Å². The maximum absolute atomic E-state index is 12.6. The second-order valence-electron chi connectivity index (χ2n) is 3.38. The minimum atomic E-state index is -4.45. The first-order valence-electron chi connectivity index (χ1n) is 4.55.